The molecule has 0 unspecified atom stereocenters. The van der Waals surface area contributed by atoms with Gasteiger partial charge < -0.3 is 15.6 Å². The Kier molecular flexibility index (Phi) is 5.35. The van der Waals surface area contributed by atoms with Crippen LogP contribution in [-0.4, -0.2) is 23.3 Å². The summed E-state index contributed by atoms with van der Waals surface area (Å²) >= 11 is 0. The van der Waals surface area contributed by atoms with Crippen LogP contribution in [0.15, 0.2) is 59.5 Å². The first-order valence-electron chi connectivity index (χ1n) is 8.74. The Morgan fingerprint density at radius 3 is 2.52 bits per heavy atom. The zero-order chi connectivity index (χ0) is 19.4. The van der Waals surface area contributed by atoms with Crippen LogP contribution in [0.2, 0.25) is 0 Å². The van der Waals surface area contributed by atoms with Gasteiger partial charge in [0.25, 0.3) is 5.91 Å². The van der Waals surface area contributed by atoms with Gasteiger partial charge in [-0.2, -0.15) is 0 Å². The van der Waals surface area contributed by atoms with Gasteiger partial charge in [0.1, 0.15) is 5.56 Å². The van der Waals surface area contributed by atoms with Crippen LogP contribution in [0.4, 0.5) is 5.69 Å². The largest absolute Gasteiger partial charge is 0.360 e. The van der Waals surface area contributed by atoms with E-state index in [-0.39, 0.29) is 29.4 Å². The summed E-state index contributed by atoms with van der Waals surface area (Å²) in [7, 11) is 0. The van der Waals surface area contributed by atoms with Crippen molar-refractivity contribution >= 4 is 28.4 Å². The molecule has 2 aromatic carbocycles. The summed E-state index contributed by atoms with van der Waals surface area (Å²) in [6, 6.07) is 14.5. The Hall–Kier alpha value is -3.41. The van der Waals surface area contributed by atoms with E-state index < -0.39 is 5.91 Å². The second-order valence-corrected chi connectivity index (χ2v) is 6.55. The first kappa shape index (κ1) is 18.4. The first-order chi connectivity index (χ1) is 13.0. The van der Waals surface area contributed by atoms with Gasteiger partial charge in [0.05, 0.1) is 6.54 Å². The molecule has 0 fully saturated rings. The van der Waals surface area contributed by atoms with Gasteiger partial charge in [-0.25, -0.2) is 0 Å². The van der Waals surface area contributed by atoms with Gasteiger partial charge in [0.15, 0.2) is 0 Å². The van der Waals surface area contributed by atoms with Crippen LogP contribution >= 0.6 is 0 Å². The van der Waals surface area contributed by atoms with Crippen molar-refractivity contribution in [1.29, 1.82) is 0 Å². The lowest BCUT2D eigenvalue weighted by Crippen LogP contribution is -2.35. The average Bonchev–Trinajstić information content (AvgIpc) is 2.67. The van der Waals surface area contributed by atoms with Crippen molar-refractivity contribution in [3.63, 3.8) is 0 Å². The summed E-state index contributed by atoms with van der Waals surface area (Å²) in [5, 5.41) is 5.74. The summed E-state index contributed by atoms with van der Waals surface area (Å²) in [6.07, 6.45) is 1.37. The van der Waals surface area contributed by atoms with Crippen molar-refractivity contribution in [2.45, 2.75) is 19.8 Å². The molecule has 1 heterocycles. The SMILES string of the molecule is CC(C)c1ccccc1NC(=O)CNC(=O)c1c[nH]c2ccccc2c1=O. The number of amides is 2. The van der Waals surface area contributed by atoms with Crippen molar-refractivity contribution in [1.82, 2.24) is 10.3 Å². The highest BCUT2D eigenvalue weighted by molar-refractivity contribution is 6.01. The number of anilines is 1. The quantitative estimate of drug-likeness (QED) is 0.651. The van der Waals surface area contributed by atoms with E-state index in [9.17, 15) is 14.4 Å². The molecular weight excluding hydrogens is 342 g/mol. The zero-order valence-corrected chi connectivity index (χ0v) is 15.2. The van der Waals surface area contributed by atoms with Crippen LogP contribution in [0.25, 0.3) is 10.9 Å². The second kappa shape index (κ2) is 7.86. The van der Waals surface area contributed by atoms with Gasteiger partial charge in [0, 0.05) is 22.8 Å². The lowest BCUT2D eigenvalue weighted by Gasteiger charge is -2.13. The third kappa shape index (κ3) is 4.06. The maximum atomic E-state index is 12.4. The van der Waals surface area contributed by atoms with Crippen molar-refractivity contribution < 1.29 is 9.59 Å². The Bertz CT molecular complexity index is 1050. The molecule has 0 aliphatic rings. The van der Waals surface area contributed by atoms with E-state index in [1.165, 1.54) is 6.20 Å². The number of aromatic nitrogens is 1. The number of para-hydroxylation sites is 2. The number of pyridine rings is 1. The Balaban J connectivity index is 1.69. The van der Waals surface area contributed by atoms with Crippen molar-refractivity contribution in [3.05, 3.63) is 76.1 Å². The minimum absolute atomic E-state index is 0.0240. The standard InChI is InChI=1S/C21H21N3O3/c1-13(2)14-7-3-6-10-18(14)24-19(25)12-23-21(27)16-11-22-17-9-5-4-8-15(17)20(16)26/h3-11,13H,12H2,1-2H3,(H,22,26)(H,23,27)(H,24,25). The minimum Gasteiger partial charge on any atom is -0.360 e. The van der Waals surface area contributed by atoms with Gasteiger partial charge in [0.2, 0.25) is 11.3 Å². The highest BCUT2D eigenvalue weighted by Gasteiger charge is 2.15. The average molecular weight is 363 g/mol. The molecule has 1 aromatic heterocycles. The molecule has 3 aromatic rings. The van der Waals surface area contributed by atoms with Crippen LogP contribution < -0.4 is 16.1 Å². The molecule has 27 heavy (non-hydrogen) atoms. The number of hydrogen-bond acceptors (Lipinski definition) is 3. The predicted molar refractivity (Wildman–Crippen MR) is 106 cm³/mol. The molecule has 6 nitrogen and oxygen atoms in total. The normalized spacial score (nSPS) is 10.8. The lowest BCUT2D eigenvalue weighted by molar-refractivity contribution is -0.115. The van der Waals surface area contributed by atoms with E-state index >= 15 is 0 Å². The fourth-order valence-electron chi connectivity index (χ4n) is 2.90. The molecule has 2 amide bonds. The van der Waals surface area contributed by atoms with E-state index in [2.05, 4.69) is 15.6 Å². The van der Waals surface area contributed by atoms with Gasteiger partial charge >= 0.3 is 0 Å². The van der Waals surface area contributed by atoms with E-state index in [4.69, 9.17) is 0 Å². The molecule has 0 aliphatic heterocycles. The maximum Gasteiger partial charge on any atom is 0.257 e. The molecule has 0 aliphatic carbocycles. The molecular formula is C21H21N3O3. The number of carbonyl (C=O) groups is 2. The van der Waals surface area contributed by atoms with Crippen molar-refractivity contribution in [2.24, 2.45) is 0 Å². The highest BCUT2D eigenvalue weighted by atomic mass is 16.2. The van der Waals surface area contributed by atoms with Gasteiger partial charge in [-0.05, 0) is 29.7 Å². The fraction of sp³-hybridized carbons (Fsp3) is 0.190. The number of rotatable bonds is 5. The monoisotopic (exact) mass is 363 g/mol. The summed E-state index contributed by atoms with van der Waals surface area (Å²) in [6.45, 7) is 3.86. The molecule has 6 heteroatoms. The number of benzene rings is 2. The maximum absolute atomic E-state index is 12.4. The molecule has 0 atom stereocenters. The smallest absolute Gasteiger partial charge is 0.257 e. The lowest BCUT2D eigenvalue weighted by atomic mass is 10.0. The van der Waals surface area contributed by atoms with Crippen LogP contribution in [0.5, 0.6) is 0 Å². The number of carbonyl (C=O) groups excluding carboxylic acids is 2. The van der Waals surface area contributed by atoms with Gasteiger partial charge in [-0.15, -0.1) is 0 Å². The Labute approximate surface area is 156 Å². The third-order valence-corrected chi connectivity index (χ3v) is 4.30. The zero-order valence-electron chi connectivity index (χ0n) is 15.2. The molecule has 0 saturated carbocycles. The summed E-state index contributed by atoms with van der Waals surface area (Å²) < 4.78 is 0. The topological polar surface area (TPSA) is 91.1 Å². The molecule has 0 radical (unpaired) electrons. The molecule has 3 N–H and O–H groups in total. The number of H-pyrrole nitrogens is 1. The molecule has 3 rings (SSSR count). The minimum atomic E-state index is -0.589. The second-order valence-electron chi connectivity index (χ2n) is 6.55. The molecule has 0 spiro atoms. The Morgan fingerprint density at radius 1 is 1.04 bits per heavy atom. The first-order valence-corrected chi connectivity index (χ1v) is 8.74. The molecule has 0 saturated heterocycles. The molecule has 138 valence electrons. The van der Waals surface area contributed by atoms with E-state index in [1.54, 1.807) is 24.3 Å². The molecule has 0 bridgehead atoms. The van der Waals surface area contributed by atoms with Crippen LogP contribution in [0.3, 0.4) is 0 Å². The summed E-state index contributed by atoms with van der Waals surface area (Å²) in [4.78, 5) is 39.9. The highest BCUT2D eigenvalue weighted by Crippen LogP contribution is 2.23. The van der Waals surface area contributed by atoms with Gasteiger partial charge in [-0.1, -0.05) is 44.2 Å². The van der Waals surface area contributed by atoms with Gasteiger partial charge in [-0.3, -0.25) is 14.4 Å². The number of aromatic amines is 1. The van der Waals surface area contributed by atoms with E-state index in [1.807, 2.05) is 38.1 Å². The number of fused-ring (bicyclic) bond motifs is 1. The fourth-order valence-corrected chi connectivity index (χ4v) is 2.90. The number of nitrogens with one attached hydrogen (secondary N) is 3. The summed E-state index contributed by atoms with van der Waals surface area (Å²) in [5.74, 6) is -0.685. The van der Waals surface area contributed by atoms with Crippen LogP contribution in [-0.2, 0) is 4.79 Å². The van der Waals surface area contributed by atoms with Crippen LogP contribution in [0, 0.1) is 0 Å². The third-order valence-electron chi connectivity index (χ3n) is 4.30. The Morgan fingerprint density at radius 2 is 1.74 bits per heavy atom. The summed E-state index contributed by atoms with van der Waals surface area (Å²) in [5.41, 5.74) is 2.00. The predicted octanol–water partition coefficient (Wildman–Crippen LogP) is 3.02. The van der Waals surface area contributed by atoms with E-state index in [0.717, 1.165) is 11.3 Å². The number of hydrogen-bond donors (Lipinski definition) is 3. The van der Waals surface area contributed by atoms with Crippen molar-refractivity contribution in [2.75, 3.05) is 11.9 Å². The van der Waals surface area contributed by atoms with Crippen molar-refractivity contribution in [3.8, 4) is 0 Å². The van der Waals surface area contributed by atoms with Crippen LogP contribution in [0.1, 0.15) is 35.7 Å². The van der Waals surface area contributed by atoms with E-state index in [0.29, 0.717) is 10.9 Å².